The van der Waals surface area contributed by atoms with Gasteiger partial charge in [0.05, 0.1) is 27.7 Å². The maximum atomic E-state index is 12.7. The number of hydrogen-bond donors (Lipinski definition) is 1. The van der Waals surface area contributed by atoms with Gasteiger partial charge in [-0.1, -0.05) is 119 Å². The summed E-state index contributed by atoms with van der Waals surface area (Å²) in [6.07, 6.45) is 43.8. The number of carbonyl (C=O) groups excluding carboxylic acids is 2. The fraction of sp³-hybridized carbons (Fsp3) is 0.682. The molecule has 0 aromatic carbocycles. The summed E-state index contributed by atoms with van der Waals surface area (Å²) in [5.41, 5.74) is 0. The summed E-state index contributed by atoms with van der Waals surface area (Å²) < 4.78 is 34.2. The number of quaternary nitrogens is 1. The number of unbranched alkanes of at least 4 members (excludes halogenated alkanes) is 10. The van der Waals surface area contributed by atoms with Crippen LogP contribution in [0.2, 0.25) is 0 Å². The van der Waals surface area contributed by atoms with E-state index >= 15 is 0 Å². The molecule has 10 heteroatoms. The highest BCUT2D eigenvalue weighted by atomic mass is 31.2. The van der Waals surface area contributed by atoms with Gasteiger partial charge in [-0.3, -0.25) is 18.6 Å². The minimum atomic E-state index is -4.39. The molecule has 0 amide bonds. The number of rotatable bonds is 36. The van der Waals surface area contributed by atoms with Crippen LogP contribution in [0.25, 0.3) is 0 Å². The standard InChI is InChI=1S/C44H76NO8P/c1-6-8-10-12-14-16-18-20-22-24-26-28-30-32-34-36-43(46)50-40-42(41-52-54(48,49)51-39-38-45(3,4)5)53-44(47)37-35-33-31-29-27-25-23-21-19-17-15-13-11-9-7-2/h8,10,14-17,20-23,26,28,42H,6-7,9,11-13,18-19,24-25,27,29-41H2,1-5H3/p+1/b10-8-,16-14-,17-15-,22-20-,23-21-,28-26-/t42-/m1/s1. The van der Waals surface area contributed by atoms with Gasteiger partial charge < -0.3 is 18.9 Å². The van der Waals surface area contributed by atoms with Gasteiger partial charge in [-0.25, -0.2) is 4.57 Å². The third kappa shape index (κ3) is 39.2. The van der Waals surface area contributed by atoms with Gasteiger partial charge in [-0.2, -0.15) is 0 Å². The molecule has 0 aromatic rings. The summed E-state index contributed by atoms with van der Waals surface area (Å²) in [6.45, 7) is 4.19. The summed E-state index contributed by atoms with van der Waals surface area (Å²) in [4.78, 5) is 35.3. The lowest BCUT2D eigenvalue weighted by molar-refractivity contribution is -0.870. The molecule has 2 atom stereocenters. The van der Waals surface area contributed by atoms with Crippen molar-refractivity contribution in [1.82, 2.24) is 0 Å². The first-order valence-corrected chi connectivity index (χ1v) is 22.2. The SMILES string of the molecule is CC/C=C\C/C=C\C/C=C\C/C=C\CCCCC(=O)OC[C@H](COP(=O)(O)OCC[N+](C)(C)C)OC(=O)CCCCCCC/C=C\C/C=C\CCCCC. The van der Waals surface area contributed by atoms with E-state index < -0.39 is 32.5 Å². The molecule has 1 unspecified atom stereocenters. The zero-order valence-electron chi connectivity index (χ0n) is 34.7. The lowest BCUT2D eigenvalue weighted by atomic mass is 10.1. The van der Waals surface area contributed by atoms with Gasteiger partial charge in [0.15, 0.2) is 6.10 Å². The molecule has 0 fully saturated rings. The van der Waals surface area contributed by atoms with Crippen molar-refractivity contribution in [3.05, 3.63) is 72.9 Å². The summed E-state index contributed by atoms with van der Waals surface area (Å²) in [6, 6.07) is 0. The highest BCUT2D eigenvalue weighted by molar-refractivity contribution is 7.47. The van der Waals surface area contributed by atoms with E-state index in [0.717, 1.165) is 77.0 Å². The van der Waals surface area contributed by atoms with Crippen LogP contribution in [-0.2, 0) is 32.7 Å². The van der Waals surface area contributed by atoms with Crippen LogP contribution >= 0.6 is 7.82 Å². The van der Waals surface area contributed by atoms with E-state index in [0.29, 0.717) is 23.9 Å². The maximum Gasteiger partial charge on any atom is 0.472 e. The Bertz CT molecular complexity index is 1150. The number of esters is 2. The molecule has 0 aliphatic rings. The molecule has 0 saturated heterocycles. The number of carbonyl (C=O) groups is 2. The molecule has 0 saturated carbocycles. The number of nitrogens with zero attached hydrogens (tertiary/aromatic N) is 1. The summed E-state index contributed by atoms with van der Waals surface area (Å²) in [5.74, 6) is -0.872. The highest BCUT2D eigenvalue weighted by Gasteiger charge is 2.27. The molecule has 54 heavy (non-hydrogen) atoms. The Morgan fingerprint density at radius 3 is 1.61 bits per heavy atom. The minimum absolute atomic E-state index is 0.0183. The van der Waals surface area contributed by atoms with Crippen molar-refractivity contribution in [3.8, 4) is 0 Å². The second-order valence-electron chi connectivity index (χ2n) is 14.6. The van der Waals surface area contributed by atoms with Crippen LogP contribution < -0.4 is 0 Å². The zero-order valence-corrected chi connectivity index (χ0v) is 35.6. The first-order chi connectivity index (χ1) is 26.0. The first-order valence-electron chi connectivity index (χ1n) is 20.7. The normalized spacial score (nSPS) is 14.4. The monoisotopic (exact) mass is 779 g/mol. The maximum absolute atomic E-state index is 12.7. The first kappa shape index (κ1) is 51.5. The van der Waals surface area contributed by atoms with Crippen LogP contribution in [0.4, 0.5) is 0 Å². The lowest BCUT2D eigenvalue weighted by Crippen LogP contribution is -2.37. The van der Waals surface area contributed by atoms with E-state index in [1.165, 1.54) is 25.7 Å². The predicted octanol–water partition coefficient (Wildman–Crippen LogP) is 11.5. The Balaban J connectivity index is 4.51. The zero-order chi connectivity index (χ0) is 40.0. The Morgan fingerprint density at radius 1 is 0.593 bits per heavy atom. The van der Waals surface area contributed by atoms with Crippen LogP contribution in [0.5, 0.6) is 0 Å². The predicted molar refractivity (Wildman–Crippen MR) is 224 cm³/mol. The average molecular weight is 779 g/mol. The number of hydrogen-bond acceptors (Lipinski definition) is 7. The van der Waals surface area contributed by atoms with Gasteiger partial charge in [-0.15, -0.1) is 0 Å². The van der Waals surface area contributed by atoms with Gasteiger partial charge >= 0.3 is 19.8 Å². The van der Waals surface area contributed by atoms with Crippen LogP contribution in [0.1, 0.15) is 142 Å². The minimum Gasteiger partial charge on any atom is -0.462 e. The molecule has 9 nitrogen and oxygen atoms in total. The fourth-order valence-electron chi connectivity index (χ4n) is 4.97. The molecule has 0 radical (unpaired) electrons. The molecular formula is C44H77NO8P+. The number of phosphoric ester groups is 1. The van der Waals surface area contributed by atoms with Crippen molar-refractivity contribution in [3.63, 3.8) is 0 Å². The Morgan fingerprint density at radius 2 is 1.06 bits per heavy atom. The second kappa shape index (κ2) is 36.1. The van der Waals surface area contributed by atoms with Crippen LogP contribution in [-0.4, -0.2) is 74.9 Å². The van der Waals surface area contributed by atoms with Crippen LogP contribution in [0.3, 0.4) is 0 Å². The van der Waals surface area contributed by atoms with E-state index in [1.54, 1.807) is 0 Å². The van der Waals surface area contributed by atoms with E-state index in [2.05, 4.69) is 86.8 Å². The molecule has 0 rings (SSSR count). The molecule has 310 valence electrons. The Labute approximate surface area is 329 Å². The Kier molecular flexibility index (Phi) is 34.4. The van der Waals surface area contributed by atoms with E-state index in [-0.39, 0.29) is 26.1 Å². The van der Waals surface area contributed by atoms with Crippen molar-refractivity contribution >= 4 is 19.8 Å². The smallest absolute Gasteiger partial charge is 0.462 e. The molecule has 0 aliphatic carbocycles. The summed E-state index contributed by atoms with van der Waals surface area (Å²) in [5, 5.41) is 0. The molecule has 0 heterocycles. The van der Waals surface area contributed by atoms with Crippen molar-refractivity contribution in [1.29, 1.82) is 0 Å². The molecule has 0 aromatic heterocycles. The van der Waals surface area contributed by atoms with Crippen LogP contribution in [0, 0.1) is 0 Å². The quantitative estimate of drug-likeness (QED) is 0.0220. The van der Waals surface area contributed by atoms with Crippen molar-refractivity contribution < 1.29 is 42.1 Å². The molecule has 0 spiro atoms. The molecule has 0 bridgehead atoms. The van der Waals surface area contributed by atoms with E-state index in [9.17, 15) is 19.0 Å². The van der Waals surface area contributed by atoms with Gasteiger partial charge in [0.2, 0.25) is 0 Å². The lowest BCUT2D eigenvalue weighted by Gasteiger charge is -2.24. The van der Waals surface area contributed by atoms with Gasteiger partial charge in [0, 0.05) is 12.8 Å². The summed E-state index contributed by atoms with van der Waals surface area (Å²) in [7, 11) is 1.43. The van der Waals surface area contributed by atoms with Crippen LogP contribution in [0.15, 0.2) is 72.9 Å². The average Bonchev–Trinajstić information content (AvgIpc) is 3.12. The van der Waals surface area contributed by atoms with Crippen molar-refractivity contribution in [2.75, 3.05) is 47.5 Å². The highest BCUT2D eigenvalue weighted by Crippen LogP contribution is 2.43. The number of phosphoric acid groups is 1. The summed E-state index contributed by atoms with van der Waals surface area (Å²) >= 11 is 0. The van der Waals surface area contributed by atoms with E-state index in [1.807, 2.05) is 21.1 Å². The third-order valence-corrected chi connectivity index (χ3v) is 9.20. The number of likely N-dealkylation sites (N-methyl/N-ethyl adjacent to an activating group) is 1. The number of allylic oxidation sites excluding steroid dienone is 12. The third-order valence-electron chi connectivity index (χ3n) is 8.22. The molecular weight excluding hydrogens is 701 g/mol. The largest absolute Gasteiger partial charge is 0.472 e. The Hall–Kier alpha value is -2.55. The second-order valence-corrected chi connectivity index (χ2v) is 16.1. The topological polar surface area (TPSA) is 108 Å². The van der Waals surface area contributed by atoms with Gasteiger partial charge in [0.25, 0.3) is 0 Å². The number of ether oxygens (including phenoxy) is 2. The van der Waals surface area contributed by atoms with Crippen molar-refractivity contribution in [2.24, 2.45) is 0 Å². The van der Waals surface area contributed by atoms with Gasteiger partial charge in [0.1, 0.15) is 19.8 Å². The van der Waals surface area contributed by atoms with Crippen molar-refractivity contribution in [2.45, 2.75) is 148 Å². The fourth-order valence-corrected chi connectivity index (χ4v) is 5.72. The molecule has 0 aliphatic heterocycles. The molecule has 1 N–H and O–H groups in total. The van der Waals surface area contributed by atoms with E-state index in [4.69, 9.17) is 18.5 Å². The van der Waals surface area contributed by atoms with Gasteiger partial charge in [-0.05, 0) is 83.5 Å².